The molecule has 0 unspecified atom stereocenters. The van der Waals surface area contributed by atoms with Crippen molar-refractivity contribution in [3.05, 3.63) is 100.0 Å². The highest BCUT2D eigenvalue weighted by Gasteiger charge is 2.30. The molecule has 1 saturated heterocycles. The first kappa shape index (κ1) is 24.3. The largest absolute Gasteiger partial charge is 0.488 e. The predicted octanol–water partition coefficient (Wildman–Crippen LogP) is 5.98. The minimum Gasteiger partial charge on any atom is -0.488 e. The molecule has 0 radical (unpaired) electrons. The number of ether oxygens (including phenoxy) is 2. The van der Waals surface area contributed by atoms with E-state index in [1.807, 2.05) is 42.5 Å². The summed E-state index contributed by atoms with van der Waals surface area (Å²) in [5.74, 6) is 0.199. The number of rotatable bonds is 7. The number of likely N-dealkylation sites (N-methyl/N-ethyl adjacent to an activating group) is 1. The molecule has 0 atom stereocenters. The number of hydrogen-bond donors (Lipinski definition) is 0. The smallest absolute Gasteiger partial charge is 0.338 e. The zero-order valence-electron chi connectivity index (χ0n) is 19.9. The van der Waals surface area contributed by atoms with E-state index < -0.39 is 0 Å². The summed E-state index contributed by atoms with van der Waals surface area (Å²) >= 11 is 1.30. The van der Waals surface area contributed by atoms with Crippen LogP contribution in [0.4, 0.5) is 5.69 Å². The number of thioether (sulfide) groups is 1. The van der Waals surface area contributed by atoms with Crippen LogP contribution < -0.4 is 4.74 Å². The van der Waals surface area contributed by atoms with Crippen molar-refractivity contribution in [2.24, 2.45) is 4.99 Å². The number of amides is 1. The van der Waals surface area contributed by atoms with E-state index in [0.29, 0.717) is 40.3 Å². The van der Waals surface area contributed by atoms with Crippen molar-refractivity contribution in [1.29, 1.82) is 0 Å². The van der Waals surface area contributed by atoms with E-state index >= 15 is 0 Å². The molecule has 1 aliphatic rings. The first-order valence-corrected chi connectivity index (χ1v) is 12.1. The van der Waals surface area contributed by atoms with Crippen LogP contribution in [0.15, 0.2) is 82.7 Å². The van der Waals surface area contributed by atoms with Gasteiger partial charge in [-0.25, -0.2) is 9.79 Å². The number of aliphatic imine (C=N–C) groups is 1. The summed E-state index contributed by atoms with van der Waals surface area (Å²) in [7, 11) is 1.70. The van der Waals surface area contributed by atoms with Crippen LogP contribution in [0.5, 0.6) is 5.75 Å². The van der Waals surface area contributed by atoms with Crippen LogP contribution in [0.3, 0.4) is 0 Å². The quantitative estimate of drug-likeness (QED) is 0.303. The van der Waals surface area contributed by atoms with Gasteiger partial charge < -0.3 is 9.47 Å². The highest BCUT2D eigenvalue weighted by Crippen LogP contribution is 2.35. The fourth-order valence-electron chi connectivity index (χ4n) is 3.37. The van der Waals surface area contributed by atoms with E-state index in [4.69, 9.17) is 9.47 Å². The van der Waals surface area contributed by atoms with Gasteiger partial charge in [-0.15, -0.1) is 0 Å². The van der Waals surface area contributed by atoms with Crippen molar-refractivity contribution < 1.29 is 19.1 Å². The van der Waals surface area contributed by atoms with Gasteiger partial charge >= 0.3 is 5.97 Å². The molecular formula is C28H26N2O4S. The summed E-state index contributed by atoms with van der Waals surface area (Å²) in [5, 5.41) is 0.559. The fourth-order valence-corrected chi connectivity index (χ4v) is 4.34. The lowest BCUT2D eigenvalue weighted by Crippen LogP contribution is -2.23. The molecule has 178 valence electrons. The van der Waals surface area contributed by atoms with Crippen molar-refractivity contribution in [3.8, 4) is 5.75 Å². The summed E-state index contributed by atoms with van der Waals surface area (Å²) in [6.45, 7) is 4.58. The van der Waals surface area contributed by atoms with Crippen molar-refractivity contribution in [1.82, 2.24) is 4.90 Å². The van der Waals surface area contributed by atoms with E-state index in [1.54, 1.807) is 38.2 Å². The second kappa shape index (κ2) is 11.1. The zero-order valence-corrected chi connectivity index (χ0v) is 20.7. The molecule has 3 aromatic rings. The van der Waals surface area contributed by atoms with Crippen LogP contribution >= 0.6 is 11.8 Å². The third-order valence-corrected chi connectivity index (χ3v) is 6.39. The topological polar surface area (TPSA) is 68.2 Å². The average Bonchev–Trinajstić information content (AvgIpc) is 3.12. The van der Waals surface area contributed by atoms with Gasteiger partial charge in [-0.2, -0.15) is 0 Å². The van der Waals surface area contributed by atoms with Crippen molar-refractivity contribution in [2.45, 2.75) is 20.5 Å². The van der Waals surface area contributed by atoms with Gasteiger partial charge in [0, 0.05) is 12.6 Å². The maximum Gasteiger partial charge on any atom is 0.338 e. The molecular weight excluding hydrogens is 460 g/mol. The molecule has 1 fully saturated rings. The number of para-hydroxylation sites is 1. The minimum atomic E-state index is -0.372. The molecule has 6 nitrogen and oxygen atoms in total. The number of hydrogen-bond acceptors (Lipinski definition) is 6. The SMILES string of the molecule is CCOC(=O)c1ccc(N=C2SC(=Cc3ccccc3OCc3ccc(C)cc3)C(=O)N2C)cc1. The monoisotopic (exact) mass is 486 g/mol. The third-order valence-electron chi connectivity index (χ3n) is 5.33. The van der Waals surface area contributed by atoms with E-state index in [1.165, 1.54) is 22.2 Å². The first-order chi connectivity index (χ1) is 16.9. The Labute approximate surface area is 209 Å². The lowest BCUT2D eigenvalue weighted by molar-refractivity contribution is -0.121. The third kappa shape index (κ3) is 6.00. The number of carbonyl (C=O) groups excluding carboxylic acids is 2. The molecule has 0 saturated carbocycles. The maximum atomic E-state index is 12.9. The molecule has 0 bridgehead atoms. The van der Waals surface area contributed by atoms with Gasteiger partial charge in [0.05, 0.1) is 22.8 Å². The van der Waals surface area contributed by atoms with E-state index in [9.17, 15) is 9.59 Å². The number of esters is 1. The van der Waals surface area contributed by atoms with Gasteiger partial charge in [-0.05, 0) is 67.6 Å². The van der Waals surface area contributed by atoms with Crippen molar-refractivity contribution in [2.75, 3.05) is 13.7 Å². The summed E-state index contributed by atoms with van der Waals surface area (Å²) < 4.78 is 11.1. The van der Waals surface area contributed by atoms with Crippen LogP contribution in [0.1, 0.15) is 34.0 Å². The number of amidine groups is 1. The highest BCUT2D eigenvalue weighted by molar-refractivity contribution is 8.18. The Morgan fingerprint density at radius 1 is 1.03 bits per heavy atom. The van der Waals surface area contributed by atoms with Gasteiger partial charge in [0.1, 0.15) is 12.4 Å². The van der Waals surface area contributed by atoms with Gasteiger partial charge in [-0.1, -0.05) is 48.0 Å². The van der Waals surface area contributed by atoms with Gasteiger partial charge in [0.15, 0.2) is 5.17 Å². The number of carbonyl (C=O) groups is 2. The van der Waals surface area contributed by atoms with Crippen LogP contribution in [0.2, 0.25) is 0 Å². The van der Waals surface area contributed by atoms with Crippen LogP contribution in [-0.4, -0.2) is 35.6 Å². The second-order valence-electron chi connectivity index (χ2n) is 7.95. The fraction of sp³-hybridized carbons (Fsp3) is 0.179. The molecule has 3 aromatic carbocycles. The van der Waals surface area contributed by atoms with Gasteiger partial charge in [0.2, 0.25) is 0 Å². The summed E-state index contributed by atoms with van der Waals surface area (Å²) in [4.78, 5) is 31.4. The number of benzene rings is 3. The molecule has 1 aliphatic heterocycles. The molecule has 0 N–H and O–H groups in total. The Hall–Kier alpha value is -3.84. The molecule has 7 heteroatoms. The molecule has 0 aliphatic carbocycles. The summed E-state index contributed by atoms with van der Waals surface area (Å²) in [6, 6.07) is 22.6. The number of nitrogens with zero attached hydrogens (tertiary/aromatic N) is 2. The van der Waals surface area contributed by atoms with Crippen molar-refractivity contribution >= 4 is 40.6 Å². The second-order valence-corrected chi connectivity index (χ2v) is 8.96. The van der Waals surface area contributed by atoms with Gasteiger partial charge in [0.25, 0.3) is 5.91 Å². The lowest BCUT2D eigenvalue weighted by atomic mass is 10.1. The average molecular weight is 487 g/mol. The zero-order chi connectivity index (χ0) is 24.8. The molecule has 1 heterocycles. The molecule has 1 amide bonds. The normalized spacial score (nSPS) is 15.6. The Kier molecular flexibility index (Phi) is 7.67. The van der Waals surface area contributed by atoms with Crippen LogP contribution in [0, 0.1) is 6.92 Å². The molecule has 0 spiro atoms. The Morgan fingerprint density at radius 3 is 2.46 bits per heavy atom. The molecule has 4 rings (SSSR count). The Bertz CT molecular complexity index is 1280. The minimum absolute atomic E-state index is 0.134. The van der Waals surface area contributed by atoms with Crippen LogP contribution in [-0.2, 0) is 16.1 Å². The van der Waals surface area contributed by atoms with E-state index in [0.717, 1.165) is 11.1 Å². The first-order valence-electron chi connectivity index (χ1n) is 11.3. The Morgan fingerprint density at radius 2 is 1.74 bits per heavy atom. The Balaban J connectivity index is 1.51. The number of aryl methyl sites for hydroxylation is 1. The molecule has 35 heavy (non-hydrogen) atoms. The summed E-state index contributed by atoms with van der Waals surface area (Å²) in [5.41, 5.74) is 4.20. The van der Waals surface area contributed by atoms with Crippen LogP contribution in [0.25, 0.3) is 6.08 Å². The standard InChI is InChI=1S/C28H26N2O4S/c1-4-33-27(32)21-13-15-23(16-14-21)29-28-30(3)26(31)25(35-28)17-22-7-5-6-8-24(22)34-18-20-11-9-19(2)10-12-20/h5-17H,4,18H2,1-3H3. The van der Waals surface area contributed by atoms with E-state index in [-0.39, 0.29) is 11.9 Å². The highest BCUT2D eigenvalue weighted by atomic mass is 32.2. The summed E-state index contributed by atoms with van der Waals surface area (Å²) in [6.07, 6.45) is 1.83. The lowest BCUT2D eigenvalue weighted by Gasteiger charge is -2.10. The molecule has 0 aromatic heterocycles. The maximum absolute atomic E-state index is 12.9. The predicted molar refractivity (Wildman–Crippen MR) is 140 cm³/mol. The van der Waals surface area contributed by atoms with Gasteiger partial charge in [-0.3, -0.25) is 9.69 Å². The van der Waals surface area contributed by atoms with Crippen molar-refractivity contribution in [3.63, 3.8) is 0 Å². The van der Waals surface area contributed by atoms with E-state index in [2.05, 4.69) is 24.0 Å².